The molecule has 1 atom stereocenters. The molecule has 1 fully saturated rings. The van der Waals surface area contributed by atoms with E-state index in [2.05, 4.69) is 15.4 Å². The van der Waals surface area contributed by atoms with Gasteiger partial charge in [0.05, 0.1) is 28.4 Å². The van der Waals surface area contributed by atoms with E-state index in [1.807, 2.05) is 19.4 Å². The van der Waals surface area contributed by atoms with Crippen LogP contribution >= 0.6 is 23.2 Å². The van der Waals surface area contributed by atoms with E-state index < -0.39 is 0 Å². The van der Waals surface area contributed by atoms with E-state index in [1.165, 1.54) is 0 Å². The second kappa shape index (κ2) is 5.83. The summed E-state index contributed by atoms with van der Waals surface area (Å²) in [4.78, 5) is 4.25. The summed E-state index contributed by atoms with van der Waals surface area (Å²) in [5.74, 6) is 0.925. The first-order valence-electron chi connectivity index (χ1n) is 6.77. The summed E-state index contributed by atoms with van der Waals surface area (Å²) < 4.78 is 1.76. The Morgan fingerprint density at radius 2 is 2.14 bits per heavy atom. The van der Waals surface area contributed by atoms with Gasteiger partial charge in [0.1, 0.15) is 5.82 Å². The second-order valence-corrected chi connectivity index (χ2v) is 6.28. The molecule has 7 heteroatoms. The molecule has 0 spiro atoms. The minimum atomic E-state index is -0.218. The number of hydrogen-bond acceptors (Lipinski definition) is 4. The number of hydrogen-bond donors (Lipinski definition) is 2. The number of aryl methyl sites for hydroxylation is 1. The molecule has 2 aromatic heterocycles. The Labute approximate surface area is 132 Å². The van der Waals surface area contributed by atoms with Crippen LogP contribution in [0.1, 0.15) is 24.4 Å². The number of halogens is 2. The molecule has 1 aliphatic carbocycles. The lowest BCUT2D eigenvalue weighted by atomic mass is 9.75. The minimum Gasteiger partial charge on any atom is -0.393 e. The third kappa shape index (κ3) is 3.15. The largest absolute Gasteiger partial charge is 0.393 e. The van der Waals surface area contributed by atoms with Gasteiger partial charge in [0.2, 0.25) is 0 Å². The average molecular weight is 327 g/mol. The van der Waals surface area contributed by atoms with E-state index in [9.17, 15) is 5.11 Å². The highest BCUT2D eigenvalue weighted by molar-refractivity contribution is 6.35. The third-order valence-corrected chi connectivity index (χ3v) is 4.30. The fourth-order valence-electron chi connectivity index (χ4n) is 2.64. The summed E-state index contributed by atoms with van der Waals surface area (Å²) >= 11 is 12.1. The maximum Gasteiger partial charge on any atom is 0.145 e. The topological polar surface area (TPSA) is 63.0 Å². The summed E-state index contributed by atoms with van der Waals surface area (Å²) in [6.45, 7) is 0. The van der Waals surface area contributed by atoms with Crippen LogP contribution in [0.3, 0.4) is 0 Å². The second-order valence-electron chi connectivity index (χ2n) is 5.44. The molecule has 112 valence electrons. The zero-order valence-corrected chi connectivity index (χ0v) is 13.0. The van der Waals surface area contributed by atoms with Crippen molar-refractivity contribution in [3.05, 3.63) is 40.3 Å². The summed E-state index contributed by atoms with van der Waals surface area (Å²) in [5.41, 5.74) is 1.06. The van der Waals surface area contributed by atoms with Crippen LogP contribution in [0.25, 0.3) is 0 Å². The monoisotopic (exact) mass is 326 g/mol. The van der Waals surface area contributed by atoms with Crippen LogP contribution in [0.5, 0.6) is 0 Å². The van der Waals surface area contributed by atoms with Crippen LogP contribution in [0, 0.1) is 5.92 Å². The zero-order chi connectivity index (χ0) is 15.0. The fraction of sp³-hybridized carbons (Fsp3) is 0.429. The number of pyridine rings is 1. The number of rotatable bonds is 4. The van der Waals surface area contributed by atoms with E-state index in [0.717, 1.165) is 18.4 Å². The Morgan fingerprint density at radius 1 is 1.38 bits per heavy atom. The lowest BCUT2D eigenvalue weighted by Crippen LogP contribution is -2.36. The normalized spacial score (nSPS) is 22.7. The predicted molar refractivity (Wildman–Crippen MR) is 82.6 cm³/mol. The van der Waals surface area contributed by atoms with E-state index in [-0.39, 0.29) is 12.1 Å². The van der Waals surface area contributed by atoms with Gasteiger partial charge in [0.15, 0.2) is 0 Å². The average Bonchev–Trinajstić information content (AvgIpc) is 2.81. The maximum atomic E-state index is 9.57. The van der Waals surface area contributed by atoms with Gasteiger partial charge in [-0.15, -0.1) is 0 Å². The van der Waals surface area contributed by atoms with Gasteiger partial charge in [-0.3, -0.25) is 4.68 Å². The van der Waals surface area contributed by atoms with Crippen molar-refractivity contribution in [2.45, 2.75) is 25.0 Å². The van der Waals surface area contributed by atoms with Crippen LogP contribution in [-0.2, 0) is 7.05 Å². The lowest BCUT2D eigenvalue weighted by Gasteiger charge is -2.38. The van der Waals surface area contributed by atoms with Gasteiger partial charge in [-0.2, -0.15) is 5.10 Å². The maximum absolute atomic E-state index is 9.57. The Bertz CT molecular complexity index is 640. The Kier molecular flexibility index (Phi) is 4.06. The minimum absolute atomic E-state index is 0.0216. The molecule has 2 aromatic rings. The van der Waals surface area contributed by atoms with Gasteiger partial charge < -0.3 is 10.4 Å². The summed E-state index contributed by atoms with van der Waals surface area (Å²) in [6.07, 6.45) is 6.66. The van der Waals surface area contributed by atoms with Crippen molar-refractivity contribution in [2.24, 2.45) is 13.0 Å². The van der Waals surface area contributed by atoms with Crippen LogP contribution in [0.4, 0.5) is 5.82 Å². The molecule has 3 rings (SSSR count). The van der Waals surface area contributed by atoms with Crippen LogP contribution < -0.4 is 5.32 Å². The van der Waals surface area contributed by atoms with Crippen LogP contribution in [0.2, 0.25) is 10.0 Å². The third-order valence-electron chi connectivity index (χ3n) is 3.81. The quantitative estimate of drug-likeness (QED) is 0.906. The van der Waals surface area contributed by atoms with Crippen molar-refractivity contribution >= 4 is 29.0 Å². The van der Waals surface area contributed by atoms with Gasteiger partial charge in [0.25, 0.3) is 0 Å². The van der Waals surface area contributed by atoms with Gasteiger partial charge in [-0.25, -0.2) is 4.98 Å². The van der Waals surface area contributed by atoms with E-state index in [1.54, 1.807) is 16.9 Å². The van der Waals surface area contributed by atoms with Crippen LogP contribution in [0.15, 0.2) is 24.7 Å². The molecule has 0 amide bonds. The number of aliphatic hydroxyl groups is 1. The first kappa shape index (κ1) is 14.6. The molecule has 2 heterocycles. The van der Waals surface area contributed by atoms with Crippen molar-refractivity contribution in [1.82, 2.24) is 14.8 Å². The number of nitrogens with zero attached hydrogens (tertiary/aromatic N) is 3. The Hall–Kier alpha value is -1.30. The summed E-state index contributed by atoms with van der Waals surface area (Å²) in [7, 11) is 1.88. The van der Waals surface area contributed by atoms with Crippen molar-refractivity contribution < 1.29 is 5.11 Å². The first-order chi connectivity index (χ1) is 10.0. The molecule has 0 bridgehead atoms. The summed E-state index contributed by atoms with van der Waals surface area (Å²) in [6, 6.07) is 1.68. The lowest BCUT2D eigenvalue weighted by molar-refractivity contribution is 0.0339. The molecule has 1 aliphatic rings. The molecule has 0 radical (unpaired) electrons. The van der Waals surface area contributed by atoms with Crippen molar-refractivity contribution in [3.63, 3.8) is 0 Å². The number of aliphatic hydroxyl groups excluding tert-OH is 1. The SMILES string of the molecule is Cn1cc([C@H](Nc2ncc(Cl)cc2Cl)C2CC(O)C2)cn1. The van der Waals surface area contributed by atoms with Crippen molar-refractivity contribution in [3.8, 4) is 0 Å². The summed E-state index contributed by atoms with van der Waals surface area (Å²) in [5, 5.41) is 18.1. The number of anilines is 1. The molecule has 21 heavy (non-hydrogen) atoms. The predicted octanol–water partition coefficient (Wildman–Crippen LogP) is 3.05. The molecular formula is C14H16Cl2N4O. The molecule has 0 aliphatic heterocycles. The van der Waals surface area contributed by atoms with Gasteiger partial charge in [-0.1, -0.05) is 23.2 Å². The van der Waals surface area contributed by atoms with Gasteiger partial charge in [-0.05, 0) is 24.8 Å². The highest BCUT2D eigenvalue weighted by Crippen LogP contribution is 2.40. The molecule has 5 nitrogen and oxygen atoms in total. The first-order valence-corrected chi connectivity index (χ1v) is 7.52. The van der Waals surface area contributed by atoms with E-state index >= 15 is 0 Å². The smallest absolute Gasteiger partial charge is 0.145 e. The molecule has 0 aromatic carbocycles. The van der Waals surface area contributed by atoms with Gasteiger partial charge >= 0.3 is 0 Å². The number of nitrogens with one attached hydrogen (secondary N) is 1. The van der Waals surface area contributed by atoms with Crippen molar-refractivity contribution in [1.29, 1.82) is 0 Å². The zero-order valence-electron chi connectivity index (χ0n) is 11.5. The molecule has 2 N–H and O–H groups in total. The molecule has 0 saturated heterocycles. The van der Waals surface area contributed by atoms with Crippen LogP contribution in [-0.4, -0.2) is 26.0 Å². The van der Waals surface area contributed by atoms with Gasteiger partial charge in [0, 0.05) is 25.0 Å². The molecule has 0 unspecified atom stereocenters. The van der Waals surface area contributed by atoms with E-state index in [4.69, 9.17) is 23.2 Å². The fourth-order valence-corrected chi connectivity index (χ4v) is 3.08. The number of aromatic nitrogens is 3. The van der Waals surface area contributed by atoms with Crippen molar-refractivity contribution in [2.75, 3.05) is 5.32 Å². The molecular weight excluding hydrogens is 311 g/mol. The standard InChI is InChI=1S/C14H16Cl2N4O/c1-20-7-9(5-18-20)13(8-2-11(21)3-8)19-14-12(16)4-10(15)6-17-14/h4-8,11,13,21H,2-3H2,1H3,(H,17,19)/t8?,11?,13-/m1/s1. The highest BCUT2D eigenvalue weighted by Gasteiger charge is 2.35. The Balaban J connectivity index is 1.85. The molecule has 1 saturated carbocycles. The van der Waals surface area contributed by atoms with E-state index in [0.29, 0.717) is 21.8 Å². The Morgan fingerprint density at radius 3 is 2.71 bits per heavy atom. The highest BCUT2D eigenvalue weighted by atomic mass is 35.5.